The summed E-state index contributed by atoms with van der Waals surface area (Å²) in [5, 5.41) is 50.3. The molecule has 8 atom stereocenters. The predicted molar refractivity (Wildman–Crippen MR) is 167 cm³/mol. The lowest BCUT2D eigenvalue weighted by Gasteiger charge is -2.48. The summed E-state index contributed by atoms with van der Waals surface area (Å²) in [4.78, 5) is 15.1. The Kier molecular flexibility index (Phi) is 9.65. The molecule has 11 heteroatoms. The van der Waals surface area contributed by atoms with E-state index in [1.54, 1.807) is 35.2 Å². The summed E-state index contributed by atoms with van der Waals surface area (Å²) in [6, 6.07) is 25.8. The summed E-state index contributed by atoms with van der Waals surface area (Å²) < 4.78 is 38.0. The van der Waals surface area contributed by atoms with Crippen molar-refractivity contribution in [2.75, 3.05) is 11.5 Å². The number of hydrogen-bond acceptors (Lipinski definition) is 8. The van der Waals surface area contributed by atoms with Gasteiger partial charge in [0.15, 0.2) is 6.29 Å². The molecule has 6 rings (SSSR count). The third-order valence-electron chi connectivity index (χ3n) is 8.85. The van der Waals surface area contributed by atoms with Crippen molar-refractivity contribution in [1.29, 1.82) is 0 Å². The molecule has 0 spiro atoms. The predicted octanol–water partition coefficient (Wildman–Crippen LogP) is 4.03. The maximum atomic E-state index is 13.7. The Morgan fingerprint density at radius 1 is 0.787 bits per heavy atom. The van der Waals surface area contributed by atoms with Crippen LogP contribution in [0.2, 0.25) is 0 Å². The van der Waals surface area contributed by atoms with Crippen LogP contribution in [0.4, 0.5) is 14.5 Å². The summed E-state index contributed by atoms with van der Waals surface area (Å²) in [5.41, 5.74) is 3.65. The lowest BCUT2D eigenvalue weighted by atomic mass is 9.78. The number of halogens is 2. The van der Waals surface area contributed by atoms with Gasteiger partial charge < -0.3 is 39.9 Å². The highest BCUT2D eigenvalue weighted by Crippen LogP contribution is 2.46. The van der Waals surface area contributed by atoms with Gasteiger partial charge in [-0.05, 0) is 83.6 Å². The van der Waals surface area contributed by atoms with Gasteiger partial charge in [-0.2, -0.15) is 0 Å². The highest BCUT2D eigenvalue weighted by molar-refractivity contribution is 6.03. The maximum absolute atomic E-state index is 13.7. The molecule has 0 saturated carbocycles. The molecular formula is C36H35F2NO8. The number of β-lactam (4-membered cyclic amide) rings is 1. The molecule has 2 aliphatic heterocycles. The lowest BCUT2D eigenvalue weighted by molar-refractivity contribution is -0.285. The molecule has 2 heterocycles. The molecule has 2 unspecified atom stereocenters. The number of anilines is 1. The number of amides is 1. The number of rotatable bonds is 10. The van der Waals surface area contributed by atoms with Crippen molar-refractivity contribution >= 4 is 11.6 Å². The zero-order valence-electron chi connectivity index (χ0n) is 25.1. The van der Waals surface area contributed by atoms with Crippen LogP contribution >= 0.6 is 0 Å². The number of nitrogens with zero attached hydrogens (tertiary/aromatic N) is 1. The number of aliphatic hydroxyl groups excluding tert-OH is 5. The van der Waals surface area contributed by atoms with Gasteiger partial charge in [-0.15, -0.1) is 0 Å². The molecule has 4 aromatic carbocycles. The van der Waals surface area contributed by atoms with Crippen LogP contribution in [0.15, 0.2) is 97.1 Å². The van der Waals surface area contributed by atoms with E-state index in [0.717, 1.165) is 16.7 Å². The molecule has 9 nitrogen and oxygen atoms in total. The Hall–Kier alpha value is -4.23. The zero-order valence-corrected chi connectivity index (χ0v) is 25.1. The Balaban J connectivity index is 1.17. The summed E-state index contributed by atoms with van der Waals surface area (Å²) in [7, 11) is 0. The van der Waals surface area contributed by atoms with Crippen LogP contribution in [0.3, 0.4) is 0 Å². The van der Waals surface area contributed by atoms with Crippen molar-refractivity contribution in [3.05, 3.63) is 120 Å². The molecule has 2 saturated heterocycles. The number of aliphatic hydroxyl groups is 5. The van der Waals surface area contributed by atoms with Crippen molar-refractivity contribution in [2.45, 2.75) is 55.7 Å². The minimum Gasteiger partial charge on any atom is -0.491 e. The van der Waals surface area contributed by atoms with E-state index < -0.39 is 54.4 Å². The maximum Gasteiger partial charge on any atom is 0.233 e. The molecule has 0 bridgehead atoms. The first-order chi connectivity index (χ1) is 22.6. The van der Waals surface area contributed by atoms with Crippen LogP contribution in [0.1, 0.15) is 36.1 Å². The SMILES string of the molecule is O=C1C(CC[C@H](O)c2ccc(F)cc2)C(c2ccc(-c3cccc(OC[C@H]4O[C@H](O)[C@H](O)[C@@H](O)[C@@H]4O)c3)cc2)N1c1ccc(F)cc1. The van der Waals surface area contributed by atoms with Gasteiger partial charge in [0.25, 0.3) is 0 Å². The van der Waals surface area contributed by atoms with Crippen LogP contribution in [-0.4, -0.2) is 68.8 Å². The summed E-state index contributed by atoms with van der Waals surface area (Å²) in [6.45, 7) is -0.184. The molecule has 2 fully saturated rings. The highest BCUT2D eigenvalue weighted by atomic mass is 19.1. The number of hydrogen-bond donors (Lipinski definition) is 5. The first-order valence-corrected chi connectivity index (χ1v) is 15.3. The van der Waals surface area contributed by atoms with E-state index in [4.69, 9.17) is 9.47 Å². The van der Waals surface area contributed by atoms with E-state index in [0.29, 0.717) is 29.8 Å². The van der Waals surface area contributed by atoms with E-state index in [9.17, 15) is 39.1 Å². The molecule has 4 aromatic rings. The molecule has 246 valence electrons. The van der Waals surface area contributed by atoms with Gasteiger partial charge in [-0.3, -0.25) is 4.79 Å². The molecule has 0 radical (unpaired) electrons. The Morgan fingerprint density at radius 2 is 1.45 bits per heavy atom. The monoisotopic (exact) mass is 647 g/mol. The lowest BCUT2D eigenvalue weighted by Crippen LogP contribution is -2.58. The van der Waals surface area contributed by atoms with Gasteiger partial charge in [0, 0.05) is 5.69 Å². The largest absolute Gasteiger partial charge is 0.491 e. The molecule has 47 heavy (non-hydrogen) atoms. The van der Waals surface area contributed by atoms with Crippen LogP contribution in [0, 0.1) is 17.6 Å². The standard InChI is InChI=1S/C36H35F2NO8/c37-24-10-8-21(9-11-24)29(40)17-16-28-31(39(35(28)44)26-14-12-25(38)13-15-26)22-6-4-20(5-7-22)23-2-1-3-27(18-23)46-19-30-32(41)33(42)34(43)36(45)47-30/h1-15,18,28-34,36,40-43,45H,16-17,19H2/t28?,29-,30+,31?,32+,33-,34+,36-/m0/s1. The quantitative estimate of drug-likeness (QED) is 0.163. The van der Waals surface area contributed by atoms with Crippen molar-refractivity contribution in [2.24, 2.45) is 5.92 Å². The molecule has 5 N–H and O–H groups in total. The normalized spacial score (nSPS) is 26.5. The minimum atomic E-state index is -1.66. The van der Waals surface area contributed by atoms with Gasteiger partial charge in [0.2, 0.25) is 5.91 Å². The van der Waals surface area contributed by atoms with Crippen LogP contribution in [-0.2, 0) is 9.53 Å². The minimum absolute atomic E-state index is 0.136. The Morgan fingerprint density at radius 3 is 2.13 bits per heavy atom. The van der Waals surface area contributed by atoms with Gasteiger partial charge in [0.05, 0.1) is 18.1 Å². The fourth-order valence-corrected chi connectivity index (χ4v) is 6.18. The van der Waals surface area contributed by atoms with E-state index >= 15 is 0 Å². The molecule has 2 aliphatic rings. The van der Waals surface area contributed by atoms with Gasteiger partial charge in [-0.25, -0.2) is 8.78 Å². The first-order valence-electron chi connectivity index (χ1n) is 15.3. The van der Waals surface area contributed by atoms with Crippen LogP contribution in [0.25, 0.3) is 11.1 Å². The summed E-state index contributed by atoms with van der Waals surface area (Å²) in [6.07, 6.45) is -7.57. The number of carbonyl (C=O) groups excluding carboxylic acids is 1. The second-order valence-electron chi connectivity index (χ2n) is 11.9. The van der Waals surface area contributed by atoms with Gasteiger partial charge in [-0.1, -0.05) is 48.5 Å². The second-order valence-corrected chi connectivity index (χ2v) is 11.9. The average Bonchev–Trinajstić information content (AvgIpc) is 3.08. The van der Waals surface area contributed by atoms with E-state index in [-0.39, 0.29) is 18.6 Å². The van der Waals surface area contributed by atoms with Crippen molar-refractivity contribution in [3.63, 3.8) is 0 Å². The van der Waals surface area contributed by atoms with Crippen molar-refractivity contribution in [3.8, 4) is 16.9 Å². The summed E-state index contributed by atoms with van der Waals surface area (Å²) in [5.74, 6) is -0.935. The smallest absolute Gasteiger partial charge is 0.233 e. The second kappa shape index (κ2) is 13.9. The summed E-state index contributed by atoms with van der Waals surface area (Å²) >= 11 is 0. The third kappa shape index (κ3) is 6.91. The highest BCUT2D eigenvalue weighted by Gasteiger charge is 2.48. The number of benzene rings is 4. The van der Waals surface area contributed by atoms with E-state index in [1.165, 1.54) is 36.4 Å². The molecule has 1 amide bonds. The number of ether oxygens (including phenoxy) is 2. The fourth-order valence-electron chi connectivity index (χ4n) is 6.18. The van der Waals surface area contributed by atoms with Gasteiger partial charge in [0.1, 0.15) is 48.4 Å². The van der Waals surface area contributed by atoms with Crippen molar-refractivity contribution in [1.82, 2.24) is 0 Å². The Labute approximate surface area is 269 Å². The fraction of sp³-hybridized carbons (Fsp3) is 0.306. The molecular weight excluding hydrogens is 612 g/mol. The van der Waals surface area contributed by atoms with Crippen LogP contribution < -0.4 is 9.64 Å². The molecule has 0 aromatic heterocycles. The number of carbonyl (C=O) groups is 1. The van der Waals surface area contributed by atoms with E-state index in [2.05, 4.69) is 0 Å². The Bertz CT molecular complexity index is 1670. The molecule has 0 aliphatic carbocycles. The third-order valence-corrected chi connectivity index (χ3v) is 8.85. The van der Waals surface area contributed by atoms with Crippen LogP contribution in [0.5, 0.6) is 5.75 Å². The first kappa shape index (κ1) is 32.7. The van der Waals surface area contributed by atoms with Crippen molar-refractivity contribution < 1.29 is 48.6 Å². The average molecular weight is 648 g/mol. The topological polar surface area (TPSA) is 140 Å². The van der Waals surface area contributed by atoms with Gasteiger partial charge >= 0.3 is 0 Å². The zero-order chi connectivity index (χ0) is 33.2. The van der Waals surface area contributed by atoms with E-state index in [1.807, 2.05) is 30.3 Å².